The lowest BCUT2D eigenvalue weighted by Gasteiger charge is -2.20. The number of nitrogens with one attached hydrogen (secondary N) is 2. The highest BCUT2D eigenvalue weighted by Gasteiger charge is 2.19. The molecule has 1 atom stereocenters. The summed E-state index contributed by atoms with van der Waals surface area (Å²) in [6, 6.07) is 0. The molecule has 1 heterocycles. The summed E-state index contributed by atoms with van der Waals surface area (Å²) >= 11 is 0. The Morgan fingerprint density at radius 1 is 1.41 bits per heavy atom. The normalized spacial score (nSPS) is 19.4. The number of nitrogens with zero attached hydrogens (tertiary/aromatic N) is 1. The Hall–Kier alpha value is -0.830. The molecule has 96 valence electrons. The van der Waals surface area contributed by atoms with Crippen LogP contribution in [0, 0.1) is 0 Å². The van der Waals surface area contributed by atoms with E-state index < -0.39 is 0 Å². The Bertz CT molecular complexity index is 307. The van der Waals surface area contributed by atoms with Gasteiger partial charge in [-0.3, -0.25) is 0 Å². The number of rotatable bonds is 5. The average Bonchev–Trinajstić information content (AvgIpc) is 2.86. The molecule has 0 saturated heterocycles. The highest BCUT2D eigenvalue weighted by molar-refractivity contribution is 5.11. The van der Waals surface area contributed by atoms with Crippen molar-refractivity contribution in [2.24, 2.45) is 0 Å². The van der Waals surface area contributed by atoms with E-state index in [1.807, 2.05) is 7.05 Å². The second kappa shape index (κ2) is 6.20. The van der Waals surface area contributed by atoms with Crippen LogP contribution in [0.15, 0.2) is 6.20 Å². The largest absolute Gasteiger partial charge is 0.345 e. The molecule has 0 bridgehead atoms. The van der Waals surface area contributed by atoms with Crippen molar-refractivity contribution in [3.05, 3.63) is 17.7 Å². The Morgan fingerprint density at radius 3 is 2.82 bits per heavy atom. The molecule has 1 aromatic rings. The van der Waals surface area contributed by atoms with Gasteiger partial charge in [0.2, 0.25) is 0 Å². The molecule has 2 N–H and O–H groups in total. The molecule has 1 aliphatic carbocycles. The lowest BCUT2D eigenvalue weighted by molar-refractivity contribution is 0.436. The van der Waals surface area contributed by atoms with E-state index in [-0.39, 0.29) is 0 Å². The predicted octanol–water partition coefficient (Wildman–Crippen LogP) is 3.17. The Labute approximate surface area is 104 Å². The fourth-order valence-corrected chi connectivity index (χ4v) is 2.86. The molecule has 17 heavy (non-hydrogen) atoms. The van der Waals surface area contributed by atoms with Crippen LogP contribution in [0.25, 0.3) is 0 Å². The van der Waals surface area contributed by atoms with Crippen molar-refractivity contribution in [3.63, 3.8) is 0 Å². The smallest absolute Gasteiger partial charge is 0.110 e. The van der Waals surface area contributed by atoms with Gasteiger partial charge in [-0.25, -0.2) is 4.98 Å². The Morgan fingerprint density at radius 2 is 2.18 bits per heavy atom. The van der Waals surface area contributed by atoms with Gasteiger partial charge < -0.3 is 10.3 Å². The molecule has 0 radical (unpaired) electrons. The molecular weight excluding hydrogens is 210 g/mol. The van der Waals surface area contributed by atoms with Gasteiger partial charge in [-0.05, 0) is 26.3 Å². The molecule has 1 aromatic heterocycles. The van der Waals surface area contributed by atoms with Gasteiger partial charge in [-0.15, -0.1) is 0 Å². The Kier molecular flexibility index (Phi) is 4.60. The molecule has 1 fully saturated rings. The monoisotopic (exact) mass is 235 g/mol. The van der Waals surface area contributed by atoms with E-state index in [0.29, 0.717) is 5.92 Å². The number of aromatic nitrogens is 2. The summed E-state index contributed by atoms with van der Waals surface area (Å²) in [5.74, 6) is 2.43. The number of imidazole rings is 1. The maximum Gasteiger partial charge on any atom is 0.110 e. The highest BCUT2D eigenvalue weighted by atomic mass is 14.9. The van der Waals surface area contributed by atoms with E-state index >= 15 is 0 Å². The molecule has 0 amide bonds. The maximum absolute atomic E-state index is 4.59. The first-order valence-corrected chi connectivity index (χ1v) is 7.04. The van der Waals surface area contributed by atoms with Crippen LogP contribution < -0.4 is 5.32 Å². The van der Waals surface area contributed by atoms with Crippen molar-refractivity contribution >= 4 is 0 Å². The van der Waals surface area contributed by atoms with Crippen LogP contribution in [0.4, 0.5) is 0 Å². The van der Waals surface area contributed by atoms with Crippen LogP contribution in [0.1, 0.15) is 68.8 Å². The molecule has 1 unspecified atom stereocenters. The molecule has 0 aromatic carbocycles. The summed E-state index contributed by atoms with van der Waals surface area (Å²) in [5, 5.41) is 3.25. The molecule has 0 spiro atoms. The minimum Gasteiger partial charge on any atom is -0.345 e. The summed E-state index contributed by atoms with van der Waals surface area (Å²) in [6.07, 6.45) is 10.1. The minimum atomic E-state index is 0.525. The number of hydrogen-bond donors (Lipinski definition) is 2. The van der Waals surface area contributed by atoms with Gasteiger partial charge in [0.25, 0.3) is 0 Å². The third-order valence-electron chi connectivity index (χ3n) is 3.99. The minimum absolute atomic E-state index is 0.525. The SMILES string of the molecule is CCC(CNC)c1ncc(C2CCCCC2)[nH]1. The number of likely N-dealkylation sites (N-methyl/N-ethyl adjacent to an activating group) is 1. The zero-order valence-corrected chi connectivity index (χ0v) is 11.1. The van der Waals surface area contributed by atoms with Gasteiger partial charge in [0.15, 0.2) is 0 Å². The van der Waals surface area contributed by atoms with Gasteiger partial charge in [-0.2, -0.15) is 0 Å². The molecule has 3 heteroatoms. The summed E-state index contributed by atoms with van der Waals surface area (Å²) < 4.78 is 0. The predicted molar refractivity (Wildman–Crippen MR) is 71.4 cm³/mol. The molecule has 1 saturated carbocycles. The lowest BCUT2D eigenvalue weighted by atomic mass is 9.87. The first-order chi connectivity index (χ1) is 8.35. The van der Waals surface area contributed by atoms with Crippen molar-refractivity contribution in [1.82, 2.24) is 15.3 Å². The van der Waals surface area contributed by atoms with Gasteiger partial charge in [0, 0.05) is 30.3 Å². The van der Waals surface area contributed by atoms with Gasteiger partial charge in [-0.1, -0.05) is 26.2 Å². The topological polar surface area (TPSA) is 40.7 Å². The summed E-state index contributed by atoms with van der Waals surface area (Å²) in [4.78, 5) is 8.15. The third kappa shape index (κ3) is 3.09. The van der Waals surface area contributed by atoms with E-state index in [2.05, 4.69) is 28.4 Å². The van der Waals surface area contributed by atoms with Crippen LogP contribution in [-0.2, 0) is 0 Å². The molecule has 0 aliphatic heterocycles. The number of aromatic amines is 1. The van der Waals surface area contributed by atoms with Crippen molar-refractivity contribution in [3.8, 4) is 0 Å². The van der Waals surface area contributed by atoms with Gasteiger partial charge in [0.05, 0.1) is 0 Å². The van der Waals surface area contributed by atoms with Crippen molar-refractivity contribution in [2.45, 2.75) is 57.3 Å². The highest BCUT2D eigenvalue weighted by Crippen LogP contribution is 2.32. The summed E-state index contributed by atoms with van der Waals surface area (Å²) in [6.45, 7) is 3.24. The van der Waals surface area contributed by atoms with E-state index in [0.717, 1.165) is 18.9 Å². The van der Waals surface area contributed by atoms with Gasteiger partial charge >= 0.3 is 0 Å². The second-order valence-corrected chi connectivity index (χ2v) is 5.22. The maximum atomic E-state index is 4.59. The van der Waals surface area contributed by atoms with E-state index in [4.69, 9.17) is 0 Å². The first-order valence-electron chi connectivity index (χ1n) is 7.04. The van der Waals surface area contributed by atoms with Crippen LogP contribution in [0.3, 0.4) is 0 Å². The van der Waals surface area contributed by atoms with Crippen molar-refractivity contribution < 1.29 is 0 Å². The quantitative estimate of drug-likeness (QED) is 0.823. The third-order valence-corrected chi connectivity index (χ3v) is 3.99. The van der Waals surface area contributed by atoms with Crippen LogP contribution in [-0.4, -0.2) is 23.6 Å². The number of hydrogen-bond acceptors (Lipinski definition) is 2. The standard InChI is InChI=1S/C14H25N3/c1-3-11(9-15-2)14-16-10-13(17-14)12-7-5-4-6-8-12/h10-12,15H,3-9H2,1-2H3,(H,16,17). The zero-order chi connectivity index (χ0) is 12.1. The van der Waals surface area contributed by atoms with Crippen LogP contribution >= 0.6 is 0 Å². The molecular formula is C14H25N3. The average molecular weight is 235 g/mol. The van der Waals surface area contributed by atoms with E-state index in [1.54, 1.807) is 0 Å². The van der Waals surface area contributed by atoms with Gasteiger partial charge in [0.1, 0.15) is 5.82 Å². The van der Waals surface area contributed by atoms with E-state index in [1.165, 1.54) is 43.6 Å². The Balaban J connectivity index is 2.03. The fraction of sp³-hybridized carbons (Fsp3) is 0.786. The zero-order valence-electron chi connectivity index (χ0n) is 11.1. The second-order valence-electron chi connectivity index (χ2n) is 5.22. The van der Waals surface area contributed by atoms with Crippen LogP contribution in [0.2, 0.25) is 0 Å². The molecule has 2 rings (SSSR count). The number of H-pyrrole nitrogens is 1. The van der Waals surface area contributed by atoms with Crippen molar-refractivity contribution in [2.75, 3.05) is 13.6 Å². The molecule has 3 nitrogen and oxygen atoms in total. The summed E-state index contributed by atoms with van der Waals surface area (Å²) in [5.41, 5.74) is 1.37. The lowest BCUT2D eigenvalue weighted by Crippen LogP contribution is -2.17. The molecule has 1 aliphatic rings. The van der Waals surface area contributed by atoms with Crippen molar-refractivity contribution in [1.29, 1.82) is 0 Å². The summed E-state index contributed by atoms with van der Waals surface area (Å²) in [7, 11) is 2.01. The van der Waals surface area contributed by atoms with E-state index in [9.17, 15) is 0 Å². The first kappa shape index (κ1) is 12.6. The van der Waals surface area contributed by atoms with Crippen LogP contribution in [0.5, 0.6) is 0 Å². The fourth-order valence-electron chi connectivity index (χ4n) is 2.86.